The number of aryl methyl sites for hydroxylation is 1. The average molecular weight is 417 g/mol. The molecule has 1 fully saturated rings. The molecule has 0 amide bonds. The van der Waals surface area contributed by atoms with E-state index in [9.17, 15) is 8.42 Å². The topological polar surface area (TPSA) is 55.9 Å². The molecule has 2 aromatic rings. The van der Waals surface area contributed by atoms with Crippen LogP contribution in [0.25, 0.3) is 0 Å². The van der Waals surface area contributed by atoms with Gasteiger partial charge in [-0.2, -0.15) is 0 Å². The molecule has 3 rings (SSSR count). The lowest BCUT2D eigenvalue weighted by Crippen LogP contribution is -2.48. The minimum Gasteiger partial charge on any atom is -0.378 e. The molecule has 0 spiro atoms. The van der Waals surface area contributed by atoms with E-state index >= 15 is 0 Å². The standard InChI is InChI=1S/C22H32N4O2S/c1-18-5-11-21(12-6-18)29(27,28)23-17-22(26-15-13-25(4)14-16-26)19-7-9-20(10-8-19)24(2)3/h5-12,22-23H,13-17H2,1-4H3/t22-/m0/s1. The van der Waals surface area contributed by atoms with E-state index in [2.05, 4.69) is 50.7 Å². The van der Waals surface area contributed by atoms with Crippen LogP contribution in [0.3, 0.4) is 0 Å². The number of rotatable bonds is 7. The molecule has 158 valence electrons. The maximum absolute atomic E-state index is 12.8. The quantitative estimate of drug-likeness (QED) is 0.751. The molecule has 1 heterocycles. The second-order valence-electron chi connectivity index (χ2n) is 8.01. The summed E-state index contributed by atoms with van der Waals surface area (Å²) in [6.07, 6.45) is 0. The van der Waals surface area contributed by atoms with Gasteiger partial charge in [0.1, 0.15) is 0 Å². The maximum Gasteiger partial charge on any atom is 0.240 e. The van der Waals surface area contributed by atoms with E-state index in [1.807, 2.05) is 33.2 Å². The Morgan fingerprint density at radius 3 is 2.10 bits per heavy atom. The number of likely N-dealkylation sites (N-methyl/N-ethyl adjacent to an activating group) is 1. The molecule has 1 aliphatic heterocycles. The van der Waals surface area contributed by atoms with Gasteiger partial charge in [0.25, 0.3) is 0 Å². The van der Waals surface area contributed by atoms with Crippen LogP contribution < -0.4 is 9.62 Å². The van der Waals surface area contributed by atoms with Crippen molar-refractivity contribution < 1.29 is 8.42 Å². The van der Waals surface area contributed by atoms with Gasteiger partial charge >= 0.3 is 0 Å². The van der Waals surface area contributed by atoms with Crippen molar-refractivity contribution in [3.05, 3.63) is 59.7 Å². The zero-order valence-corrected chi connectivity index (χ0v) is 18.6. The van der Waals surface area contributed by atoms with Gasteiger partial charge in [-0.1, -0.05) is 29.8 Å². The Morgan fingerprint density at radius 1 is 0.966 bits per heavy atom. The molecule has 0 saturated carbocycles. The average Bonchev–Trinajstić information content (AvgIpc) is 2.70. The third-order valence-corrected chi connectivity index (χ3v) is 7.01. The molecule has 29 heavy (non-hydrogen) atoms. The molecule has 1 N–H and O–H groups in total. The molecular formula is C22H32N4O2S. The van der Waals surface area contributed by atoms with E-state index in [1.54, 1.807) is 12.1 Å². The smallest absolute Gasteiger partial charge is 0.240 e. The Morgan fingerprint density at radius 2 is 1.55 bits per heavy atom. The number of hydrogen-bond acceptors (Lipinski definition) is 5. The van der Waals surface area contributed by atoms with Crippen LogP contribution in [0.2, 0.25) is 0 Å². The van der Waals surface area contributed by atoms with Crippen molar-refractivity contribution in [1.29, 1.82) is 0 Å². The van der Waals surface area contributed by atoms with Crippen LogP contribution in [-0.2, 0) is 10.0 Å². The Balaban J connectivity index is 1.80. The van der Waals surface area contributed by atoms with E-state index in [0.717, 1.165) is 43.0 Å². The number of sulfonamides is 1. The van der Waals surface area contributed by atoms with Crippen molar-refractivity contribution in [3.63, 3.8) is 0 Å². The van der Waals surface area contributed by atoms with Gasteiger partial charge in [0.15, 0.2) is 0 Å². The van der Waals surface area contributed by atoms with Gasteiger partial charge in [0, 0.05) is 58.5 Å². The Bertz CT molecular complexity index is 887. The molecule has 0 radical (unpaired) electrons. The van der Waals surface area contributed by atoms with Crippen LogP contribution in [0.4, 0.5) is 5.69 Å². The van der Waals surface area contributed by atoms with Crippen LogP contribution in [-0.4, -0.2) is 72.1 Å². The summed E-state index contributed by atoms with van der Waals surface area (Å²) in [5, 5.41) is 0. The fourth-order valence-electron chi connectivity index (χ4n) is 3.58. The van der Waals surface area contributed by atoms with Gasteiger partial charge in [0.2, 0.25) is 10.0 Å². The van der Waals surface area contributed by atoms with Crippen LogP contribution in [0.15, 0.2) is 53.4 Å². The number of benzene rings is 2. The van der Waals surface area contributed by atoms with E-state index in [-0.39, 0.29) is 6.04 Å². The highest BCUT2D eigenvalue weighted by atomic mass is 32.2. The third kappa shape index (κ3) is 5.57. The van der Waals surface area contributed by atoms with E-state index in [0.29, 0.717) is 11.4 Å². The minimum absolute atomic E-state index is 0.000126. The second-order valence-corrected chi connectivity index (χ2v) is 9.77. The molecule has 1 saturated heterocycles. The lowest BCUT2D eigenvalue weighted by molar-refractivity contribution is 0.113. The first-order valence-corrected chi connectivity index (χ1v) is 11.5. The van der Waals surface area contributed by atoms with Crippen molar-refractivity contribution in [1.82, 2.24) is 14.5 Å². The van der Waals surface area contributed by atoms with Gasteiger partial charge in [-0.05, 0) is 43.8 Å². The molecule has 0 unspecified atom stereocenters. The summed E-state index contributed by atoms with van der Waals surface area (Å²) >= 11 is 0. The summed E-state index contributed by atoms with van der Waals surface area (Å²) in [6.45, 7) is 6.10. The third-order valence-electron chi connectivity index (χ3n) is 5.57. The fourth-order valence-corrected chi connectivity index (χ4v) is 4.61. The highest BCUT2D eigenvalue weighted by molar-refractivity contribution is 7.89. The fraction of sp³-hybridized carbons (Fsp3) is 0.455. The van der Waals surface area contributed by atoms with Gasteiger partial charge in [-0.25, -0.2) is 13.1 Å². The number of nitrogens with one attached hydrogen (secondary N) is 1. The summed E-state index contributed by atoms with van der Waals surface area (Å²) in [5.41, 5.74) is 3.30. The van der Waals surface area contributed by atoms with Crippen LogP contribution in [0.5, 0.6) is 0 Å². The molecular weight excluding hydrogens is 384 g/mol. The van der Waals surface area contributed by atoms with Crippen molar-refractivity contribution >= 4 is 15.7 Å². The van der Waals surface area contributed by atoms with Crippen molar-refractivity contribution in [2.24, 2.45) is 0 Å². The lowest BCUT2D eigenvalue weighted by Gasteiger charge is -2.38. The van der Waals surface area contributed by atoms with Crippen LogP contribution >= 0.6 is 0 Å². The summed E-state index contributed by atoms with van der Waals surface area (Å²) in [7, 11) is 2.61. The highest BCUT2D eigenvalue weighted by Gasteiger charge is 2.26. The first-order chi connectivity index (χ1) is 13.8. The second kappa shape index (κ2) is 9.26. The number of nitrogens with zero attached hydrogens (tertiary/aromatic N) is 3. The van der Waals surface area contributed by atoms with Crippen molar-refractivity contribution in [3.8, 4) is 0 Å². The minimum atomic E-state index is -3.55. The predicted octanol–water partition coefficient (Wildman–Crippen LogP) is 2.33. The van der Waals surface area contributed by atoms with Crippen LogP contribution in [0.1, 0.15) is 17.2 Å². The molecule has 0 bridgehead atoms. The molecule has 0 aliphatic carbocycles. The summed E-state index contributed by atoms with van der Waals surface area (Å²) in [4.78, 5) is 7.05. The van der Waals surface area contributed by atoms with E-state index in [4.69, 9.17) is 0 Å². The summed E-state index contributed by atoms with van der Waals surface area (Å²) in [6, 6.07) is 15.4. The molecule has 2 aromatic carbocycles. The first kappa shape index (κ1) is 21.8. The van der Waals surface area contributed by atoms with Gasteiger partial charge in [0.05, 0.1) is 4.90 Å². The van der Waals surface area contributed by atoms with Crippen LogP contribution in [0, 0.1) is 6.92 Å². The first-order valence-electron chi connectivity index (χ1n) is 10.0. The summed E-state index contributed by atoms with van der Waals surface area (Å²) < 4.78 is 28.5. The summed E-state index contributed by atoms with van der Waals surface area (Å²) in [5.74, 6) is 0. The largest absolute Gasteiger partial charge is 0.378 e. The predicted molar refractivity (Wildman–Crippen MR) is 119 cm³/mol. The monoisotopic (exact) mass is 416 g/mol. The van der Waals surface area contributed by atoms with Crippen molar-refractivity contribution in [2.75, 3.05) is 58.8 Å². The zero-order valence-electron chi connectivity index (χ0n) is 17.8. The molecule has 0 aromatic heterocycles. The number of anilines is 1. The normalized spacial score (nSPS) is 17.2. The lowest BCUT2D eigenvalue weighted by atomic mass is 10.0. The van der Waals surface area contributed by atoms with E-state index in [1.165, 1.54) is 0 Å². The molecule has 7 heteroatoms. The number of hydrogen-bond donors (Lipinski definition) is 1. The molecule has 1 atom stereocenters. The van der Waals surface area contributed by atoms with E-state index < -0.39 is 10.0 Å². The highest BCUT2D eigenvalue weighted by Crippen LogP contribution is 2.24. The van der Waals surface area contributed by atoms with Gasteiger partial charge < -0.3 is 9.80 Å². The Hall–Kier alpha value is -1.93. The molecule has 6 nitrogen and oxygen atoms in total. The van der Waals surface area contributed by atoms with Gasteiger partial charge in [-0.15, -0.1) is 0 Å². The van der Waals surface area contributed by atoms with Gasteiger partial charge in [-0.3, -0.25) is 4.90 Å². The Labute approximate surface area is 175 Å². The SMILES string of the molecule is Cc1ccc(S(=O)(=O)NC[C@@H](c2ccc(N(C)C)cc2)N2CCN(C)CC2)cc1. The Kier molecular flexibility index (Phi) is 6.95. The zero-order chi connectivity index (χ0) is 21.0. The maximum atomic E-state index is 12.8. The number of piperazine rings is 1. The van der Waals surface area contributed by atoms with Crippen molar-refractivity contribution in [2.45, 2.75) is 17.9 Å². The molecule has 1 aliphatic rings.